The molecule has 154 valence electrons. The van der Waals surface area contributed by atoms with Crippen molar-refractivity contribution in [1.82, 2.24) is 15.5 Å². The molecule has 1 amide bonds. The average Bonchev–Trinajstić information content (AvgIpc) is 2.77. The van der Waals surface area contributed by atoms with E-state index in [4.69, 9.17) is 4.74 Å². The Kier molecular flexibility index (Phi) is 6.02. The van der Waals surface area contributed by atoms with Gasteiger partial charge in [0.15, 0.2) is 0 Å². The molecule has 2 N–H and O–H groups in total. The van der Waals surface area contributed by atoms with Gasteiger partial charge in [-0.1, -0.05) is 42.5 Å². The van der Waals surface area contributed by atoms with Crippen LogP contribution in [0.25, 0.3) is 0 Å². The third kappa shape index (κ3) is 4.38. The van der Waals surface area contributed by atoms with E-state index in [0.717, 1.165) is 44.0 Å². The first-order valence-corrected chi connectivity index (χ1v) is 10.4. The van der Waals surface area contributed by atoms with Crippen LogP contribution in [0.1, 0.15) is 12.5 Å². The summed E-state index contributed by atoms with van der Waals surface area (Å²) in [6.45, 7) is 5.68. The number of amides is 1. The largest absolute Gasteiger partial charge is 0.495 e. The Bertz CT molecular complexity index is 821. The van der Waals surface area contributed by atoms with Crippen LogP contribution < -0.4 is 20.3 Å². The summed E-state index contributed by atoms with van der Waals surface area (Å²) >= 11 is 0. The number of anilines is 1. The molecule has 0 aliphatic carbocycles. The van der Waals surface area contributed by atoms with Crippen molar-refractivity contribution >= 4 is 11.6 Å². The number of benzene rings is 2. The fourth-order valence-electron chi connectivity index (χ4n) is 4.32. The summed E-state index contributed by atoms with van der Waals surface area (Å²) in [5.41, 5.74) is 2.33. The maximum absolute atomic E-state index is 12.8. The third-order valence-electron chi connectivity index (χ3n) is 6.04. The average molecular weight is 395 g/mol. The van der Waals surface area contributed by atoms with Crippen LogP contribution in [0.5, 0.6) is 5.75 Å². The van der Waals surface area contributed by atoms with Gasteiger partial charge in [-0.2, -0.15) is 0 Å². The molecular weight excluding hydrogens is 364 g/mol. The van der Waals surface area contributed by atoms with Crippen LogP contribution in [0.2, 0.25) is 0 Å². The van der Waals surface area contributed by atoms with Crippen molar-refractivity contribution in [2.45, 2.75) is 25.7 Å². The molecule has 2 aliphatic heterocycles. The topological polar surface area (TPSA) is 56.8 Å². The molecule has 4 rings (SSSR count). The van der Waals surface area contributed by atoms with Gasteiger partial charge in [-0.05, 0) is 31.0 Å². The first kappa shape index (κ1) is 19.7. The molecule has 2 aliphatic rings. The molecule has 3 atom stereocenters. The molecule has 0 aromatic heterocycles. The van der Waals surface area contributed by atoms with Crippen molar-refractivity contribution in [2.75, 3.05) is 38.2 Å². The van der Waals surface area contributed by atoms with Gasteiger partial charge in [-0.15, -0.1) is 0 Å². The number of hydrogen-bond donors (Lipinski definition) is 2. The molecule has 3 unspecified atom stereocenters. The van der Waals surface area contributed by atoms with Gasteiger partial charge >= 0.3 is 0 Å². The van der Waals surface area contributed by atoms with E-state index in [1.54, 1.807) is 7.11 Å². The zero-order chi connectivity index (χ0) is 20.2. The number of methoxy groups -OCH3 is 1. The van der Waals surface area contributed by atoms with Crippen molar-refractivity contribution in [3.05, 3.63) is 60.2 Å². The number of nitrogens with one attached hydrogen (secondary N) is 2. The van der Waals surface area contributed by atoms with Crippen molar-refractivity contribution in [2.24, 2.45) is 5.92 Å². The molecule has 0 saturated carbocycles. The standard InChI is InChI=1S/C23H30N4O2/c1-17-19(16-18-8-4-3-5-9-18)22(28)25-23(24-17)27-14-12-26(13-15-27)20-10-6-7-11-21(20)29-2/h3-11,17,19,23-24H,12-16H2,1-2H3,(H,25,28). The number of ether oxygens (including phenoxy) is 1. The van der Waals surface area contributed by atoms with Crippen LogP contribution in [-0.2, 0) is 11.2 Å². The normalized spacial score (nSPS) is 25.5. The second-order valence-electron chi connectivity index (χ2n) is 7.86. The third-order valence-corrected chi connectivity index (χ3v) is 6.04. The smallest absolute Gasteiger partial charge is 0.227 e. The van der Waals surface area contributed by atoms with Gasteiger partial charge in [-0.25, -0.2) is 0 Å². The molecule has 2 aromatic carbocycles. The quantitative estimate of drug-likeness (QED) is 0.813. The van der Waals surface area contributed by atoms with Crippen LogP contribution in [0.3, 0.4) is 0 Å². The monoisotopic (exact) mass is 394 g/mol. The summed E-state index contributed by atoms with van der Waals surface area (Å²) in [4.78, 5) is 17.5. The number of piperazine rings is 1. The first-order chi connectivity index (χ1) is 14.2. The minimum atomic E-state index is -0.107. The number of carbonyl (C=O) groups excluding carboxylic acids is 1. The van der Waals surface area contributed by atoms with Crippen LogP contribution in [-0.4, -0.2) is 56.4 Å². The van der Waals surface area contributed by atoms with E-state index in [2.05, 4.69) is 45.6 Å². The number of nitrogens with zero attached hydrogens (tertiary/aromatic N) is 2. The number of para-hydroxylation sites is 2. The molecule has 29 heavy (non-hydrogen) atoms. The van der Waals surface area contributed by atoms with Gasteiger partial charge in [0.1, 0.15) is 12.0 Å². The summed E-state index contributed by atoms with van der Waals surface area (Å²) in [6.07, 6.45) is 0.652. The van der Waals surface area contributed by atoms with E-state index in [0.29, 0.717) is 0 Å². The van der Waals surface area contributed by atoms with E-state index in [9.17, 15) is 4.79 Å². The van der Waals surface area contributed by atoms with Gasteiger partial charge in [0, 0.05) is 32.2 Å². The highest BCUT2D eigenvalue weighted by Crippen LogP contribution is 2.28. The molecule has 6 heteroatoms. The number of rotatable bonds is 5. The maximum Gasteiger partial charge on any atom is 0.227 e. The second-order valence-corrected chi connectivity index (χ2v) is 7.86. The van der Waals surface area contributed by atoms with E-state index >= 15 is 0 Å². The molecule has 2 heterocycles. The van der Waals surface area contributed by atoms with Crippen molar-refractivity contribution in [3.8, 4) is 5.75 Å². The van der Waals surface area contributed by atoms with Gasteiger partial charge in [0.2, 0.25) is 5.91 Å². The van der Waals surface area contributed by atoms with Gasteiger partial charge in [0.05, 0.1) is 18.7 Å². The summed E-state index contributed by atoms with van der Waals surface area (Å²) < 4.78 is 5.51. The van der Waals surface area contributed by atoms with Crippen molar-refractivity contribution < 1.29 is 9.53 Å². The zero-order valence-corrected chi connectivity index (χ0v) is 17.2. The summed E-state index contributed by atoms with van der Waals surface area (Å²) in [5.74, 6) is 0.989. The Morgan fingerprint density at radius 3 is 2.38 bits per heavy atom. The molecule has 0 spiro atoms. The predicted molar refractivity (Wildman–Crippen MR) is 115 cm³/mol. The van der Waals surface area contributed by atoms with E-state index < -0.39 is 0 Å². The Labute approximate surface area is 172 Å². The highest BCUT2D eigenvalue weighted by molar-refractivity contribution is 5.80. The first-order valence-electron chi connectivity index (χ1n) is 10.4. The lowest BCUT2D eigenvalue weighted by molar-refractivity contribution is -0.132. The molecule has 2 aromatic rings. The summed E-state index contributed by atoms with van der Waals surface area (Å²) in [5, 5.41) is 6.81. The molecule has 2 fully saturated rings. The van der Waals surface area contributed by atoms with Crippen LogP contribution >= 0.6 is 0 Å². The maximum atomic E-state index is 12.8. The van der Waals surface area contributed by atoms with Gasteiger partial charge in [-0.3, -0.25) is 15.0 Å². The Hall–Kier alpha value is -2.57. The molecule has 2 saturated heterocycles. The Morgan fingerprint density at radius 1 is 1.00 bits per heavy atom. The van der Waals surface area contributed by atoms with Gasteiger partial charge in [0.25, 0.3) is 0 Å². The minimum absolute atomic E-state index is 0.0523. The van der Waals surface area contributed by atoms with Crippen molar-refractivity contribution in [1.29, 1.82) is 0 Å². The number of hydrogen-bond acceptors (Lipinski definition) is 5. The SMILES string of the molecule is COc1ccccc1N1CCN(C2NC(=O)C(Cc3ccccc3)C(C)N2)CC1. The van der Waals surface area contributed by atoms with Crippen molar-refractivity contribution in [3.63, 3.8) is 0 Å². The summed E-state index contributed by atoms with van der Waals surface area (Å²) in [6, 6.07) is 18.5. The van der Waals surface area contributed by atoms with Crippen LogP contribution in [0.4, 0.5) is 5.69 Å². The highest BCUT2D eigenvalue weighted by Gasteiger charge is 2.36. The zero-order valence-electron chi connectivity index (χ0n) is 17.2. The predicted octanol–water partition coefficient (Wildman–Crippen LogP) is 2.07. The Morgan fingerprint density at radius 2 is 1.69 bits per heavy atom. The molecule has 0 radical (unpaired) electrons. The highest BCUT2D eigenvalue weighted by atomic mass is 16.5. The fraction of sp³-hybridized carbons (Fsp3) is 0.435. The van der Waals surface area contributed by atoms with Crippen LogP contribution in [0.15, 0.2) is 54.6 Å². The minimum Gasteiger partial charge on any atom is -0.495 e. The molecule has 0 bridgehead atoms. The Balaban J connectivity index is 1.35. The summed E-state index contributed by atoms with van der Waals surface area (Å²) in [7, 11) is 1.71. The number of carbonyl (C=O) groups is 1. The second kappa shape index (κ2) is 8.84. The lowest BCUT2D eigenvalue weighted by Gasteiger charge is -2.45. The molecule has 6 nitrogen and oxygen atoms in total. The van der Waals surface area contributed by atoms with Crippen LogP contribution in [0, 0.1) is 5.92 Å². The van der Waals surface area contributed by atoms with E-state index in [1.807, 2.05) is 36.4 Å². The van der Waals surface area contributed by atoms with Gasteiger partial charge < -0.3 is 15.0 Å². The molecular formula is C23H30N4O2. The van der Waals surface area contributed by atoms with E-state index in [-0.39, 0.29) is 24.2 Å². The fourth-order valence-corrected chi connectivity index (χ4v) is 4.32. The lowest BCUT2D eigenvalue weighted by Crippen LogP contribution is -2.69. The van der Waals surface area contributed by atoms with E-state index in [1.165, 1.54) is 5.56 Å². The lowest BCUT2D eigenvalue weighted by atomic mass is 9.90.